The molecule has 1 atom stereocenters. The van der Waals surface area contributed by atoms with Gasteiger partial charge in [0.1, 0.15) is 0 Å². The summed E-state index contributed by atoms with van der Waals surface area (Å²) < 4.78 is 23.8. The zero-order chi connectivity index (χ0) is 15.5. The molecule has 7 nitrogen and oxygen atoms in total. The van der Waals surface area contributed by atoms with Gasteiger partial charge in [-0.25, -0.2) is 8.42 Å². The smallest absolute Gasteiger partial charge is 0.233 e. The lowest BCUT2D eigenvalue weighted by atomic mass is 10.2. The summed E-state index contributed by atoms with van der Waals surface area (Å²) in [5.41, 5.74) is 5.49. The molecule has 0 aliphatic carbocycles. The molecule has 2 N–H and O–H groups in total. The lowest BCUT2D eigenvalue weighted by molar-refractivity contribution is -0.130. The van der Waals surface area contributed by atoms with Crippen LogP contribution in [0.1, 0.15) is 19.8 Å². The molecule has 0 unspecified atom stereocenters. The van der Waals surface area contributed by atoms with Crippen LogP contribution in [0.15, 0.2) is 4.34 Å². The topological polar surface area (TPSA) is 106 Å². The predicted octanol–water partition coefficient (Wildman–Crippen LogP) is 0.638. The predicted molar refractivity (Wildman–Crippen MR) is 84.1 cm³/mol. The molecule has 1 aromatic heterocycles. The van der Waals surface area contributed by atoms with E-state index in [2.05, 4.69) is 10.2 Å². The maximum Gasteiger partial charge on any atom is 0.233 e. The maximum atomic E-state index is 12.3. The Morgan fingerprint density at radius 1 is 1.52 bits per heavy atom. The number of carbonyl (C=O) groups excluding carboxylic acids is 1. The first-order valence-electron chi connectivity index (χ1n) is 6.63. The number of amides is 1. The normalized spacial score (nSPS) is 20.5. The van der Waals surface area contributed by atoms with Gasteiger partial charge in [0.2, 0.25) is 11.0 Å². The second-order valence-electron chi connectivity index (χ2n) is 4.84. The molecule has 0 aromatic carbocycles. The largest absolute Gasteiger partial charge is 0.374 e. The van der Waals surface area contributed by atoms with Gasteiger partial charge in [-0.1, -0.05) is 30.0 Å². The van der Waals surface area contributed by atoms with Gasteiger partial charge in [0.05, 0.1) is 17.3 Å². The fourth-order valence-electron chi connectivity index (χ4n) is 2.26. The first kappa shape index (κ1) is 16.5. The number of nitrogens with zero attached hydrogens (tertiary/aromatic N) is 3. The number of hydrogen-bond acceptors (Lipinski definition) is 8. The minimum Gasteiger partial charge on any atom is -0.374 e. The molecule has 1 aliphatic rings. The highest BCUT2D eigenvalue weighted by molar-refractivity contribution is 8.01. The Kier molecular flexibility index (Phi) is 5.44. The Bertz CT molecular complexity index is 602. The number of nitrogens with two attached hydrogens (primary N) is 1. The van der Waals surface area contributed by atoms with Crippen LogP contribution in [0.25, 0.3) is 0 Å². The summed E-state index contributed by atoms with van der Waals surface area (Å²) in [6, 6.07) is -0.192. The summed E-state index contributed by atoms with van der Waals surface area (Å²) in [5.74, 6) is 0.420. The van der Waals surface area contributed by atoms with Crippen LogP contribution in [0, 0.1) is 0 Å². The number of hydrogen-bond donors (Lipinski definition) is 1. The number of thioether (sulfide) groups is 1. The highest BCUT2D eigenvalue weighted by Gasteiger charge is 2.34. The van der Waals surface area contributed by atoms with Crippen molar-refractivity contribution in [1.29, 1.82) is 0 Å². The van der Waals surface area contributed by atoms with Crippen molar-refractivity contribution in [3.8, 4) is 0 Å². The van der Waals surface area contributed by atoms with Gasteiger partial charge in [0.25, 0.3) is 0 Å². The van der Waals surface area contributed by atoms with E-state index in [4.69, 9.17) is 5.73 Å². The Labute approximate surface area is 132 Å². The highest BCUT2D eigenvalue weighted by atomic mass is 32.2. The SMILES string of the molecule is CCCN(C(=O)CSc1nnc(N)s1)[C@@H]1CCS(=O)(=O)C1. The molecule has 1 aliphatic heterocycles. The third kappa shape index (κ3) is 4.55. The molecule has 21 heavy (non-hydrogen) atoms. The minimum atomic E-state index is -2.99. The van der Waals surface area contributed by atoms with Crippen molar-refractivity contribution in [3.05, 3.63) is 0 Å². The Morgan fingerprint density at radius 3 is 2.81 bits per heavy atom. The lowest BCUT2D eigenvalue weighted by Crippen LogP contribution is -2.42. The van der Waals surface area contributed by atoms with E-state index < -0.39 is 9.84 Å². The molecule has 0 radical (unpaired) electrons. The summed E-state index contributed by atoms with van der Waals surface area (Å²) in [6.07, 6.45) is 1.34. The number of anilines is 1. The van der Waals surface area contributed by atoms with Crippen molar-refractivity contribution >= 4 is 44.0 Å². The standard InChI is InChI=1S/C11H18N4O3S3/c1-2-4-15(8-3-5-21(17,18)7-8)9(16)6-19-11-14-13-10(12)20-11/h8H,2-7H2,1H3,(H2,12,13)/t8-/m1/s1. The molecule has 1 fully saturated rings. The van der Waals surface area contributed by atoms with E-state index in [0.29, 0.717) is 22.4 Å². The Morgan fingerprint density at radius 2 is 2.29 bits per heavy atom. The molecule has 0 spiro atoms. The number of aromatic nitrogens is 2. The van der Waals surface area contributed by atoms with Gasteiger partial charge >= 0.3 is 0 Å². The van der Waals surface area contributed by atoms with E-state index >= 15 is 0 Å². The van der Waals surface area contributed by atoms with Crippen molar-refractivity contribution in [1.82, 2.24) is 15.1 Å². The third-order valence-electron chi connectivity index (χ3n) is 3.18. The van der Waals surface area contributed by atoms with Gasteiger partial charge in [0.15, 0.2) is 14.2 Å². The molecule has 1 amide bonds. The highest BCUT2D eigenvalue weighted by Crippen LogP contribution is 2.25. The van der Waals surface area contributed by atoms with Crippen LogP contribution < -0.4 is 5.73 Å². The average Bonchev–Trinajstić information content (AvgIpc) is 2.99. The quantitative estimate of drug-likeness (QED) is 0.750. The molecule has 0 bridgehead atoms. The molecule has 1 aromatic rings. The van der Waals surface area contributed by atoms with Gasteiger partial charge < -0.3 is 10.6 Å². The number of carbonyl (C=O) groups is 1. The van der Waals surface area contributed by atoms with Crippen molar-refractivity contribution in [3.63, 3.8) is 0 Å². The maximum absolute atomic E-state index is 12.3. The van der Waals surface area contributed by atoms with Gasteiger partial charge in [-0.05, 0) is 12.8 Å². The molecule has 1 saturated heterocycles. The van der Waals surface area contributed by atoms with Gasteiger partial charge in [-0.3, -0.25) is 4.79 Å². The summed E-state index contributed by atoms with van der Waals surface area (Å²) in [5, 5.41) is 7.92. The molecule has 118 valence electrons. The first-order chi connectivity index (χ1) is 9.91. The summed E-state index contributed by atoms with van der Waals surface area (Å²) >= 11 is 2.53. The van der Waals surface area contributed by atoms with Gasteiger partial charge in [0, 0.05) is 12.6 Å². The Balaban J connectivity index is 1.95. The van der Waals surface area contributed by atoms with Crippen LogP contribution in [0.3, 0.4) is 0 Å². The van der Waals surface area contributed by atoms with Crippen LogP contribution in [0.4, 0.5) is 5.13 Å². The van der Waals surface area contributed by atoms with Crippen molar-refractivity contribution < 1.29 is 13.2 Å². The molecule has 2 rings (SSSR count). The molecular formula is C11H18N4O3S3. The first-order valence-corrected chi connectivity index (χ1v) is 10.3. The lowest BCUT2D eigenvalue weighted by Gasteiger charge is -2.27. The fraction of sp³-hybridized carbons (Fsp3) is 0.727. The van der Waals surface area contributed by atoms with Crippen LogP contribution in [0.5, 0.6) is 0 Å². The van der Waals surface area contributed by atoms with E-state index in [1.165, 1.54) is 23.1 Å². The van der Waals surface area contributed by atoms with Gasteiger partial charge in [-0.2, -0.15) is 0 Å². The van der Waals surface area contributed by atoms with Crippen LogP contribution in [-0.4, -0.2) is 59.3 Å². The minimum absolute atomic E-state index is 0.0577. The van der Waals surface area contributed by atoms with Crippen LogP contribution in [-0.2, 0) is 14.6 Å². The van der Waals surface area contributed by atoms with E-state index in [1.807, 2.05) is 6.92 Å². The molecular weight excluding hydrogens is 332 g/mol. The molecule has 0 saturated carbocycles. The zero-order valence-electron chi connectivity index (χ0n) is 11.7. The van der Waals surface area contributed by atoms with E-state index in [-0.39, 0.29) is 29.2 Å². The van der Waals surface area contributed by atoms with Crippen molar-refractivity contribution in [2.24, 2.45) is 0 Å². The van der Waals surface area contributed by atoms with E-state index in [0.717, 1.165) is 6.42 Å². The van der Waals surface area contributed by atoms with Crippen LogP contribution >= 0.6 is 23.1 Å². The number of rotatable bonds is 6. The summed E-state index contributed by atoms with van der Waals surface area (Å²) in [7, 11) is -2.99. The summed E-state index contributed by atoms with van der Waals surface area (Å²) in [6.45, 7) is 2.56. The molecule has 10 heteroatoms. The number of nitrogen functional groups attached to an aromatic ring is 1. The summed E-state index contributed by atoms with van der Waals surface area (Å²) in [4.78, 5) is 14.0. The van der Waals surface area contributed by atoms with Gasteiger partial charge in [-0.15, -0.1) is 10.2 Å². The fourth-order valence-corrected chi connectivity index (χ4v) is 5.51. The third-order valence-corrected chi connectivity index (χ3v) is 6.80. The van der Waals surface area contributed by atoms with E-state index in [1.54, 1.807) is 4.90 Å². The Hall–Kier alpha value is -0.870. The second-order valence-corrected chi connectivity index (χ2v) is 9.30. The number of sulfone groups is 1. The van der Waals surface area contributed by atoms with Crippen LogP contribution in [0.2, 0.25) is 0 Å². The monoisotopic (exact) mass is 350 g/mol. The van der Waals surface area contributed by atoms with E-state index in [9.17, 15) is 13.2 Å². The zero-order valence-corrected chi connectivity index (χ0v) is 14.1. The second kappa shape index (κ2) is 6.93. The average molecular weight is 350 g/mol. The van der Waals surface area contributed by atoms with Crippen molar-refractivity contribution in [2.75, 3.05) is 29.5 Å². The molecule has 2 heterocycles. The van der Waals surface area contributed by atoms with Crippen molar-refractivity contribution in [2.45, 2.75) is 30.1 Å².